The molecule has 0 heterocycles. The summed E-state index contributed by atoms with van der Waals surface area (Å²) in [5.74, 6) is -0.898. The van der Waals surface area contributed by atoms with Crippen molar-refractivity contribution in [2.45, 2.75) is 0 Å². The Bertz CT molecular complexity index is 1040. The highest BCUT2D eigenvalue weighted by Gasteiger charge is 2.07. The topological polar surface area (TPSA) is 37.3 Å². The van der Waals surface area contributed by atoms with Crippen molar-refractivity contribution >= 4 is 27.5 Å². The molecule has 0 saturated heterocycles. The lowest BCUT2D eigenvalue weighted by molar-refractivity contribution is 0.0697. The first kappa shape index (κ1) is 13.5. The molecule has 0 aliphatic carbocycles. The fourth-order valence-electron chi connectivity index (χ4n) is 3.02. The van der Waals surface area contributed by atoms with Crippen LogP contribution in [-0.2, 0) is 0 Å². The van der Waals surface area contributed by atoms with Crippen LogP contribution < -0.4 is 0 Å². The second-order valence-electron chi connectivity index (χ2n) is 5.61. The number of hydrogen-bond donors (Lipinski definition) is 1. The molecule has 0 radical (unpaired) electrons. The van der Waals surface area contributed by atoms with Crippen molar-refractivity contribution in [2.24, 2.45) is 0 Å². The molecule has 0 aromatic heterocycles. The number of fused-ring (bicyclic) bond motifs is 2. The summed E-state index contributed by atoms with van der Waals surface area (Å²) >= 11 is 0. The average molecular weight is 298 g/mol. The van der Waals surface area contributed by atoms with E-state index in [4.69, 9.17) is 5.11 Å². The van der Waals surface area contributed by atoms with Crippen LogP contribution in [0.15, 0.2) is 78.9 Å². The van der Waals surface area contributed by atoms with Gasteiger partial charge in [-0.25, -0.2) is 4.79 Å². The lowest BCUT2D eigenvalue weighted by atomic mass is 9.96. The number of hydrogen-bond acceptors (Lipinski definition) is 1. The fourth-order valence-corrected chi connectivity index (χ4v) is 3.02. The Hall–Kier alpha value is -3.13. The monoisotopic (exact) mass is 298 g/mol. The molecule has 23 heavy (non-hydrogen) atoms. The van der Waals surface area contributed by atoms with Gasteiger partial charge in [0.1, 0.15) is 0 Å². The number of carbonyl (C=O) groups is 1. The zero-order valence-corrected chi connectivity index (χ0v) is 12.4. The molecule has 1 N–H and O–H groups in total. The van der Waals surface area contributed by atoms with Gasteiger partial charge < -0.3 is 5.11 Å². The van der Waals surface area contributed by atoms with Gasteiger partial charge in [-0.2, -0.15) is 0 Å². The molecule has 0 saturated carbocycles. The third-order valence-corrected chi connectivity index (χ3v) is 4.19. The van der Waals surface area contributed by atoms with Crippen LogP contribution in [0.1, 0.15) is 10.4 Å². The van der Waals surface area contributed by atoms with E-state index in [-0.39, 0.29) is 0 Å². The quantitative estimate of drug-likeness (QED) is 0.541. The van der Waals surface area contributed by atoms with E-state index < -0.39 is 5.97 Å². The number of benzene rings is 4. The molecular formula is C21H14O2. The van der Waals surface area contributed by atoms with Gasteiger partial charge in [-0.15, -0.1) is 0 Å². The van der Waals surface area contributed by atoms with Gasteiger partial charge in [0, 0.05) is 0 Å². The summed E-state index contributed by atoms with van der Waals surface area (Å²) in [7, 11) is 0. The maximum Gasteiger partial charge on any atom is 0.335 e. The van der Waals surface area contributed by atoms with Crippen LogP contribution in [-0.4, -0.2) is 11.1 Å². The Morgan fingerprint density at radius 2 is 1.43 bits per heavy atom. The molecule has 0 aliphatic heterocycles. The second-order valence-corrected chi connectivity index (χ2v) is 5.61. The molecule has 0 aliphatic rings. The SMILES string of the molecule is O=C(O)c1ccc2cc(-c3cccc4ccccc34)ccc2c1. The lowest BCUT2D eigenvalue weighted by Gasteiger charge is -2.08. The van der Waals surface area contributed by atoms with Crippen LogP contribution in [0.4, 0.5) is 0 Å². The predicted molar refractivity (Wildman–Crippen MR) is 93.8 cm³/mol. The Morgan fingerprint density at radius 1 is 0.696 bits per heavy atom. The van der Waals surface area contributed by atoms with Crippen LogP contribution in [0.5, 0.6) is 0 Å². The molecule has 2 heteroatoms. The summed E-state index contributed by atoms with van der Waals surface area (Å²) in [6, 6.07) is 26.0. The van der Waals surface area contributed by atoms with E-state index >= 15 is 0 Å². The normalized spacial score (nSPS) is 11.0. The van der Waals surface area contributed by atoms with Crippen molar-refractivity contribution in [3.63, 3.8) is 0 Å². The first-order chi connectivity index (χ1) is 11.2. The Kier molecular flexibility index (Phi) is 3.09. The molecule has 0 spiro atoms. The molecule has 0 bridgehead atoms. The van der Waals surface area contributed by atoms with E-state index in [0.717, 1.165) is 16.3 Å². The van der Waals surface area contributed by atoms with E-state index in [1.54, 1.807) is 12.1 Å². The van der Waals surface area contributed by atoms with E-state index in [2.05, 4.69) is 42.5 Å². The second kappa shape index (κ2) is 5.25. The minimum atomic E-state index is -0.898. The summed E-state index contributed by atoms with van der Waals surface area (Å²) in [6.07, 6.45) is 0. The zero-order chi connectivity index (χ0) is 15.8. The van der Waals surface area contributed by atoms with E-state index in [1.807, 2.05) is 24.3 Å². The Labute approximate surface area is 133 Å². The molecule has 0 atom stereocenters. The highest BCUT2D eigenvalue weighted by Crippen LogP contribution is 2.31. The van der Waals surface area contributed by atoms with Gasteiger partial charge in [0.15, 0.2) is 0 Å². The molecule has 0 amide bonds. The van der Waals surface area contributed by atoms with Gasteiger partial charge in [-0.1, -0.05) is 60.7 Å². The Balaban J connectivity index is 1.91. The van der Waals surface area contributed by atoms with Gasteiger partial charge >= 0.3 is 5.97 Å². The lowest BCUT2D eigenvalue weighted by Crippen LogP contribution is -1.95. The van der Waals surface area contributed by atoms with E-state index in [1.165, 1.54) is 16.3 Å². The number of carboxylic acid groups (broad SMARTS) is 1. The third kappa shape index (κ3) is 2.34. The third-order valence-electron chi connectivity index (χ3n) is 4.19. The zero-order valence-electron chi connectivity index (χ0n) is 12.4. The van der Waals surface area contributed by atoms with Crippen molar-refractivity contribution in [1.82, 2.24) is 0 Å². The van der Waals surface area contributed by atoms with E-state index in [9.17, 15) is 4.79 Å². The predicted octanol–water partition coefficient (Wildman–Crippen LogP) is 5.36. The van der Waals surface area contributed by atoms with Crippen LogP contribution in [0.25, 0.3) is 32.7 Å². The van der Waals surface area contributed by atoms with Gasteiger partial charge in [0.05, 0.1) is 5.56 Å². The summed E-state index contributed by atoms with van der Waals surface area (Å²) in [5, 5.41) is 13.5. The molecule has 4 aromatic carbocycles. The maximum absolute atomic E-state index is 11.1. The van der Waals surface area contributed by atoms with Crippen molar-refractivity contribution in [1.29, 1.82) is 0 Å². The van der Waals surface area contributed by atoms with Crippen LogP contribution in [0.3, 0.4) is 0 Å². The largest absolute Gasteiger partial charge is 0.478 e. The number of carboxylic acids is 1. The summed E-state index contributed by atoms with van der Waals surface area (Å²) in [5.41, 5.74) is 2.64. The molecular weight excluding hydrogens is 284 g/mol. The van der Waals surface area contributed by atoms with Gasteiger partial charge in [-0.3, -0.25) is 0 Å². The highest BCUT2D eigenvalue weighted by molar-refractivity contribution is 6.00. The minimum Gasteiger partial charge on any atom is -0.478 e. The molecule has 4 aromatic rings. The van der Waals surface area contributed by atoms with Crippen molar-refractivity contribution in [3.05, 3.63) is 84.4 Å². The Morgan fingerprint density at radius 3 is 2.30 bits per heavy atom. The summed E-state index contributed by atoms with van der Waals surface area (Å²) in [6.45, 7) is 0. The van der Waals surface area contributed by atoms with Crippen LogP contribution in [0.2, 0.25) is 0 Å². The molecule has 0 fully saturated rings. The fraction of sp³-hybridized carbons (Fsp3) is 0. The standard InChI is InChI=1S/C21H14O2/c22-21(23)18-11-9-15-12-17(10-8-16(15)13-18)20-7-3-5-14-4-1-2-6-19(14)20/h1-13H,(H,22,23). The summed E-state index contributed by atoms with van der Waals surface area (Å²) < 4.78 is 0. The first-order valence-corrected chi connectivity index (χ1v) is 7.48. The molecule has 110 valence electrons. The van der Waals surface area contributed by atoms with Gasteiger partial charge in [0.25, 0.3) is 0 Å². The van der Waals surface area contributed by atoms with Gasteiger partial charge in [-0.05, 0) is 50.9 Å². The van der Waals surface area contributed by atoms with Crippen LogP contribution >= 0.6 is 0 Å². The first-order valence-electron chi connectivity index (χ1n) is 7.48. The highest BCUT2D eigenvalue weighted by atomic mass is 16.4. The van der Waals surface area contributed by atoms with Crippen molar-refractivity contribution in [2.75, 3.05) is 0 Å². The molecule has 0 unspecified atom stereocenters. The average Bonchev–Trinajstić information content (AvgIpc) is 2.60. The summed E-state index contributed by atoms with van der Waals surface area (Å²) in [4.78, 5) is 11.1. The minimum absolute atomic E-state index is 0.315. The molecule has 2 nitrogen and oxygen atoms in total. The van der Waals surface area contributed by atoms with Crippen molar-refractivity contribution < 1.29 is 9.90 Å². The number of aromatic carboxylic acids is 1. The molecule has 4 rings (SSSR count). The van der Waals surface area contributed by atoms with E-state index in [0.29, 0.717) is 5.56 Å². The number of rotatable bonds is 2. The maximum atomic E-state index is 11.1. The smallest absolute Gasteiger partial charge is 0.335 e. The van der Waals surface area contributed by atoms with Crippen molar-refractivity contribution in [3.8, 4) is 11.1 Å². The van der Waals surface area contributed by atoms with Gasteiger partial charge in [0.2, 0.25) is 0 Å². The van der Waals surface area contributed by atoms with Crippen LogP contribution in [0, 0.1) is 0 Å².